The topological polar surface area (TPSA) is 55.6 Å². The van der Waals surface area contributed by atoms with Gasteiger partial charge in [-0.3, -0.25) is 0 Å². The Labute approximate surface area is 90.8 Å². The van der Waals surface area contributed by atoms with E-state index in [0.29, 0.717) is 0 Å². The molecule has 15 heavy (non-hydrogen) atoms. The van der Waals surface area contributed by atoms with E-state index in [4.69, 9.17) is 10.5 Å². The summed E-state index contributed by atoms with van der Waals surface area (Å²) < 4.78 is 5.43. The fraction of sp³-hybridized carbons (Fsp3) is 0.909. The second kappa shape index (κ2) is 4.84. The highest BCUT2D eigenvalue weighted by Crippen LogP contribution is 2.21. The van der Waals surface area contributed by atoms with Gasteiger partial charge in [-0.15, -0.1) is 0 Å². The van der Waals surface area contributed by atoms with Crippen LogP contribution in [0.25, 0.3) is 0 Å². The molecule has 2 atom stereocenters. The number of carbonyl (C=O) groups is 1. The summed E-state index contributed by atoms with van der Waals surface area (Å²) in [7, 11) is 0. The second-order valence-corrected chi connectivity index (χ2v) is 4.63. The number of likely N-dealkylation sites (tertiary alicyclic amines) is 1. The first-order valence-corrected chi connectivity index (χ1v) is 5.97. The molecule has 2 aliphatic rings. The highest BCUT2D eigenvalue weighted by atomic mass is 16.6. The molecule has 1 aliphatic carbocycles. The Bertz CT molecular complexity index is 227. The molecule has 86 valence electrons. The van der Waals surface area contributed by atoms with Crippen LogP contribution in [0.4, 0.5) is 4.79 Å². The van der Waals surface area contributed by atoms with Gasteiger partial charge in [-0.25, -0.2) is 4.79 Å². The number of amides is 1. The van der Waals surface area contributed by atoms with Crippen molar-refractivity contribution in [2.24, 2.45) is 5.73 Å². The predicted molar refractivity (Wildman–Crippen MR) is 57.5 cm³/mol. The standard InChI is InChI=1S/C11H20N2O2/c12-9-4-5-10(8-9)15-11(14)13-6-2-1-3-7-13/h9-10H,1-8,12H2. The highest BCUT2D eigenvalue weighted by Gasteiger charge is 2.27. The number of rotatable bonds is 1. The van der Waals surface area contributed by atoms with Gasteiger partial charge < -0.3 is 15.4 Å². The van der Waals surface area contributed by atoms with Crippen LogP contribution in [0.2, 0.25) is 0 Å². The molecule has 2 N–H and O–H groups in total. The molecule has 4 heteroatoms. The van der Waals surface area contributed by atoms with Crippen LogP contribution in [0, 0.1) is 0 Å². The first kappa shape index (κ1) is 10.7. The molecule has 1 saturated heterocycles. The highest BCUT2D eigenvalue weighted by molar-refractivity contribution is 5.67. The van der Waals surface area contributed by atoms with Crippen molar-refractivity contribution in [3.8, 4) is 0 Å². The van der Waals surface area contributed by atoms with Crippen LogP contribution in [0.3, 0.4) is 0 Å². The molecule has 0 aromatic heterocycles. The number of hydrogen-bond donors (Lipinski definition) is 1. The summed E-state index contributed by atoms with van der Waals surface area (Å²) in [6, 6.07) is 0.226. The van der Waals surface area contributed by atoms with Gasteiger partial charge in [-0.1, -0.05) is 0 Å². The lowest BCUT2D eigenvalue weighted by Gasteiger charge is -2.27. The molecule has 0 radical (unpaired) electrons. The molecule has 2 rings (SSSR count). The van der Waals surface area contributed by atoms with Gasteiger partial charge in [-0.2, -0.15) is 0 Å². The van der Waals surface area contributed by atoms with Crippen molar-refractivity contribution in [1.29, 1.82) is 0 Å². The van der Waals surface area contributed by atoms with E-state index in [9.17, 15) is 4.79 Å². The van der Waals surface area contributed by atoms with E-state index in [-0.39, 0.29) is 18.2 Å². The Morgan fingerprint density at radius 2 is 1.93 bits per heavy atom. The molecule has 1 aliphatic heterocycles. The monoisotopic (exact) mass is 212 g/mol. The molecule has 0 aromatic rings. The third-order valence-electron chi connectivity index (χ3n) is 3.31. The molecule has 1 heterocycles. The fourth-order valence-electron chi connectivity index (χ4n) is 2.37. The Balaban J connectivity index is 1.76. The van der Waals surface area contributed by atoms with Crippen LogP contribution >= 0.6 is 0 Å². The van der Waals surface area contributed by atoms with Crippen molar-refractivity contribution in [3.63, 3.8) is 0 Å². The summed E-state index contributed by atoms with van der Waals surface area (Å²) >= 11 is 0. The van der Waals surface area contributed by atoms with Crippen molar-refractivity contribution < 1.29 is 9.53 Å². The van der Waals surface area contributed by atoms with E-state index in [1.807, 2.05) is 4.90 Å². The van der Waals surface area contributed by atoms with Gasteiger partial charge in [0, 0.05) is 19.1 Å². The van der Waals surface area contributed by atoms with Crippen molar-refractivity contribution in [3.05, 3.63) is 0 Å². The van der Waals surface area contributed by atoms with Crippen molar-refractivity contribution in [2.75, 3.05) is 13.1 Å². The van der Waals surface area contributed by atoms with Gasteiger partial charge in [0.15, 0.2) is 0 Å². The first-order valence-electron chi connectivity index (χ1n) is 5.97. The number of ether oxygens (including phenoxy) is 1. The van der Waals surface area contributed by atoms with Gasteiger partial charge >= 0.3 is 6.09 Å². The van der Waals surface area contributed by atoms with Crippen LogP contribution in [0.5, 0.6) is 0 Å². The number of nitrogens with zero attached hydrogens (tertiary/aromatic N) is 1. The van der Waals surface area contributed by atoms with Crippen molar-refractivity contribution in [2.45, 2.75) is 50.7 Å². The number of hydrogen-bond acceptors (Lipinski definition) is 3. The van der Waals surface area contributed by atoms with Crippen molar-refractivity contribution >= 4 is 6.09 Å². The molecule has 1 amide bonds. The quantitative estimate of drug-likeness (QED) is 0.716. The number of piperidine rings is 1. The van der Waals surface area contributed by atoms with Crippen LogP contribution in [-0.4, -0.2) is 36.2 Å². The molecule has 0 spiro atoms. The number of nitrogens with two attached hydrogens (primary N) is 1. The average molecular weight is 212 g/mol. The first-order chi connectivity index (χ1) is 7.25. The zero-order valence-corrected chi connectivity index (χ0v) is 9.15. The van der Waals surface area contributed by atoms with Gasteiger partial charge in [0.25, 0.3) is 0 Å². The summed E-state index contributed by atoms with van der Waals surface area (Å²) in [6.07, 6.45) is 6.14. The average Bonchev–Trinajstić information content (AvgIpc) is 2.65. The summed E-state index contributed by atoms with van der Waals surface area (Å²) in [5.74, 6) is 0. The SMILES string of the molecule is NC1CCC(OC(=O)N2CCCCC2)C1. The Morgan fingerprint density at radius 3 is 2.53 bits per heavy atom. The van der Waals surface area contributed by atoms with E-state index in [0.717, 1.165) is 45.2 Å². The maximum absolute atomic E-state index is 11.7. The minimum Gasteiger partial charge on any atom is -0.446 e. The maximum atomic E-state index is 11.7. The molecule has 1 saturated carbocycles. The lowest BCUT2D eigenvalue weighted by Crippen LogP contribution is -2.37. The molecule has 0 bridgehead atoms. The van der Waals surface area contributed by atoms with Gasteiger partial charge in [0.2, 0.25) is 0 Å². The third kappa shape index (κ3) is 2.84. The van der Waals surface area contributed by atoms with Gasteiger partial charge in [-0.05, 0) is 38.5 Å². The zero-order valence-electron chi connectivity index (χ0n) is 9.15. The molecule has 4 nitrogen and oxygen atoms in total. The van der Waals surface area contributed by atoms with Crippen LogP contribution in [0.1, 0.15) is 38.5 Å². The molecule has 2 unspecified atom stereocenters. The van der Waals surface area contributed by atoms with E-state index < -0.39 is 0 Å². The van der Waals surface area contributed by atoms with Crippen LogP contribution in [-0.2, 0) is 4.74 Å². The molecule has 2 fully saturated rings. The lowest BCUT2D eigenvalue weighted by molar-refractivity contribution is 0.0598. The van der Waals surface area contributed by atoms with E-state index in [2.05, 4.69) is 0 Å². The summed E-state index contributed by atoms with van der Waals surface area (Å²) in [5.41, 5.74) is 5.77. The minimum absolute atomic E-state index is 0.0643. The smallest absolute Gasteiger partial charge is 0.410 e. The van der Waals surface area contributed by atoms with Crippen LogP contribution < -0.4 is 5.73 Å². The summed E-state index contributed by atoms with van der Waals surface area (Å²) in [4.78, 5) is 13.6. The molecular formula is C11H20N2O2. The Morgan fingerprint density at radius 1 is 1.20 bits per heavy atom. The van der Waals surface area contributed by atoms with Gasteiger partial charge in [0.1, 0.15) is 6.10 Å². The molecular weight excluding hydrogens is 192 g/mol. The minimum atomic E-state index is -0.131. The van der Waals surface area contributed by atoms with E-state index in [1.54, 1.807) is 0 Å². The predicted octanol–water partition coefficient (Wildman–Crippen LogP) is 1.49. The fourth-order valence-corrected chi connectivity index (χ4v) is 2.37. The normalized spacial score (nSPS) is 31.7. The Hall–Kier alpha value is -0.770. The summed E-state index contributed by atoms with van der Waals surface area (Å²) in [6.45, 7) is 1.72. The maximum Gasteiger partial charge on any atom is 0.410 e. The number of carbonyl (C=O) groups excluding carboxylic acids is 1. The zero-order chi connectivity index (χ0) is 10.7. The second-order valence-electron chi connectivity index (χ2n) is 4.63. The lowest BCUT2D eigenvalue weighted by atomic mass is 10.1. The van der Waals surface area contributed by atoms with E-state index in [1.165, 1.54) is 6.42 Å². The summed E-state index contributed by atoms with van der Waals surface area (Å²) in [5, 5.41) is 0. The Kier molecular flexibility index (Phi) is 3.46. The third-order valence-corrected chi connectivity index (χ3v) is 3.31. The van der Waals surface area contributed by atoms with E-state index >= 15 is 0 Å². The van der Waals surface area contributed by atoms with Gasteiger partial charge in [0.05, 0.1) is 0 Å². The van der Waals surface area contributed by atoms with Crippen molar-refractivity contribution in [1.82, 2.24) is 4.90 Å². The largest absolute Gasteiger partial charge is 0.446 e. The van der Waals surface area contributed by atoms with Crippen LogP contribution in [0.15, 0.2) is 0 Å². The molecule has 0 aromatic carbocycles.